The number of hydrogen-bond acceptors (Lipinski definition) is 5. The van der Waals surface area contributed by atoms with Gasteiger partial charge < -0.3 is 4.90 Å². The lowest BCUT2D eigenvalue weighted by Crippen LogP contribution is -2.35. The fourth-order valence-corrected chi connectivity index (χ4v) is 2.71. The SMILES string of the molecule is CC(C)CN(CCC#N)C(=O)c1snnc1C(C)(C)C. The molecule has 0 fully saturated rings. The average Bonchev–Trinajstić information content (AvgIpc) is 2.82. The van der Waals surface area contributed by atoms with Crippen molar-refractivity contribution < 1.29 is 4.79 Å². The molecule has 0 aromatic carbocycles. The Morgan fingerprint density at radius 1 is 1.45 bits per heavy atom. The lowest BCUT2D eigenvalue weighted by molar-refractivity contribution is 0.0742. The van der Waals surface area contributed by atoms with Gasteiger partial charge in [0.25, 0.3) is 5.91 Å². The van der Waals surface area contributed by atoms with Gasteiger partial charge in [0.2, 0.25) is 0 Å². The van der Waals surface area contributed by atoms with Crippen molar-refractivity contribution in [2.24, 2.45) is 5.92 Å². The van der Waals surface area contributed by atoms with Crippen molar-refractivity contribution in [3.05, 3.63) is 10.6 Å². The first-order valence-corrected chi connectivity index (χ1v) is 7.53. The number of nitrogens with zero attached hydrogens (tertiary/aromatic N) is 4. The van der Waals surface area contributed by atoms with Gasteiger partial charge >= 0.3 is 0 Å². The van der Waals surface area contributed by atoms with Gasteiger partial charge in [-0.3, -0.25) is 4.79 Å². The van der Waals surface area contributed by atoms with Gasteiger partial charge in [-0.2, -0.15) is 5.26 Å². The van der Waals surface area contributed by atoms with E-state index in [1.807, 2.05) is 20.8 Å². The van der Waals surface area contributed by atoms with E-state index >= 15 is 0 Å². The van der Waals surface area contributed by atoms with E-state index in [1.165, 1.54) is 0 Å². The van der Waals surface area contributed by atoms with Crippen LogP contribution in [0.2, 0.25) is 0 Å². The molecule has 0 N–H and O–H groups in total. The standard InChI is InChI=1S/C14H22N4OS/c1-10(2)9-18(8-6-7-15)13(19)11-12(14(3,4)5)16-17-20-11/h10H,6,8-9H2,1-5H3. The molecule has 110 valence electrons. The second kappa shape index (κ2) is 6.80. The number of carbonyl (C=O) groups is 1. The molecule has 0 saturated carbocycles. The second-order valence-electron chi connectivity index (χ2n) is 6.25. The van der Waals surface area contributed by atoms with Crippen LogP contribution in [-0.2, 0) is 5.41 Å². The predicted octanol–water partition coefficient (Wildman–Crippen LogP) is 2.85. The first kappa shape index (κ1) is 16.6. The van der Waals surface area contributed by atoms with E-state index in [-0.39, 0.29) is 11.3 Å². The molecule has 0 radical (unpaired) electrons. The van der Waals surface area contributed by atoms with Crippen molar-refractivity contribution in [1.29, 1.82) is 5.26 Å². The minimum Gasteiger partial charge on any atom is -0.337 e. The fraction of sp³-hybridized carbons (Fsp3) is 0.714. The zero-order chi connectivity index (χ0) is 15.3. The molecule has 1 aromatic rings. The monoisotopic (exact) mass is 294 g/mol. The summed E-state index contributed by atoms with van der Waals surface area (Å²) in [6.45, 7) is 11.3. The van der Waals surface area contributed by atoms with E-state index in [9.17, 15) is 4.79 Å². The van der Waals surface area contributed by atoms with E-state index in [2.05, 4.69) is 29.5 Å². The Hall–Kier alpha value is -1.48. The van der Waals surface area contributed by atoms with Gasteiger partial charge in [0.1, 0.15) is 4.88 Å². The predicted molar refractivity (Wildman–Crippen MR) is 79.6 cm³/mol. The highest BCUT2D eigenvalue weighted by Gasteiger charge is 2.29. The van der Waals surface area contributed by atoms with Crippen LogP contribution in [0.25, 0.3) is 0 Å². The molecule has 0 atom stereocenters. The quantitative estimate of drug-likeness (QED) is 0.837. The summed E-state index contributed by atoms with van der Waals surface area (Å²) in [6, 6.07) is 2.09. The molecule has 5 nitrogen and oxygen atoms in total. The van der Waals surface area contributed by atoms with Crippen LogP contribution in [0.4, 0.5) is 0 Å². The highest BCUT2D eigenvalue weighted by molar-refractivity contribution is 7.08. The summed E-state index contributed by atoms with van der Waals surface area (Å²) in [5.41, 5.74) is 0.523. The largest absolute Gasteiger partial charge is 0.337 e. The smallest absolute Gasteiger partial charge is 0.267 e. The molecule has 1 aromatic heterocycles. The van der Waals surface area contributed by atoms with Crippen LogP contribution in [0, 0.1) is 17.2 Å². The highest BCUT2D eigenvalue weighted by atomic mass is 32.1. The molecule has 6 heteroatoms. The molecule has 20 heavy (non-hydrogen) atoms. The number of aromatic nitrogens is 2. The Bertz CT molecular complexity index is 496. The summed E-state index contributed by atoms with van der Waals surface area (Å²) in [7, 11) is 0. The van der Waals surface area contributed by atoms with Crippen LogP contribution < -0.4 is 0 Å². The number of hydrogen-bond donors (Lipinski definition) is 0. The zero-order valence-corrected chi connectivity index (χ0v) is 13.6. The molecule has 1 amide bonds. The normalized spacial score (nSPS) is 11.4. The maximum absolute atomic E-state index is 12.7. The maximum atomic E-state index is 12.7. The van der Waals surface area contributed by atoms with E-state index in [0.29, 0.717) is 30.3 Å². The molecular weight excluding hydrogens is 272 g/mol. The summed E-state index contributed by atoms with van der Waals surface area (Å²) in [4.78, 5) is 15.0. The summed E-state index contributed by atoms with van der Waals surface area (Å²) in [5, 5.41) is 12.8. The Morgan fingerprint density at radius 2 is 2.10 bits per heavy atom. The van der Waals surface area contributed by atoms with Gasteiger partial charge in [-0.1, -0.05) is 39.1 Å². The molecular formula is C14H22N4OS. The van der Waals surface area contributed by atoms with Gasteiger partial charge in [-0.25, -0.2) is 0 Å². The average molecular weight is 294 g/mol. The van der Waals surface area contributed by atoms with Crippen LogP contribution in [0.3, 0.4) is 0 Å². The molecule has 0 bridgehead atoms. The second-order valence-corrected chi connectivity index (χ2v) is 7.01. The number of amides is 1. The lowest BCUT2D eigenvalue weighted by Gasteiger charge is -2.24. The van der Waals surface area contributed by atoms with Crippen molar-refractivity contribution in [1.82, 2.24) is 14.5 Å². The third-order valence-electron chi connectivity index (χ3n) is 2.76. The van der Waals surface area contributed by atoms with Crippen molar-refractivity contribution in [3.8, 4) is 6.07 Å². The third-order valence-corrected chi connectivity index (χ3v) is 3.47. The molecule has 1 heterocycles. The van der Waals surface area contributed by atoms with Crippen LogP contribution in [0.15, 0.2) is 0 Å². The molecule has 0 aliphatic rings. The van der Waals surface area contributed by atoms with Crippen molar-refractivity contribution in [3.63, 3.8) is 0 Å². The van der Waals surface area contributed by atoms with Crippen molar-refractivity contribution in [2.45, 2.75) is 46.5 Å². The summed E-state index contributed by atoms with van der Waals surface area (Å²) in [5.74, 6) is 0.297. The van der Waals surface area contributed by atoms with Crippen LogP contribution >= 0.6 is 11.5 Å². The maximum Gasteiger partial charge on any atom is 0.267 e. The van der Waals surface area contributed by atoms with Gasteiger partial charge in [0, 0.05) is 18.5 Å². The first-order valence-electron chi connectivity index (χ1n) is 6.76. The Kier molecular flexibility index (Phi) is 5.63. The first-order chi connectivity index (χ1) is 9.27. The van der Waals surface area contributed by atoms with Crippen LogP contribution in [0.1, 0.15) is 56.4 Å². The van der Waals surface area contributed by atoms with Gasteiger partial charge in [-0.15, -0.1) is 5.10 Å². The number of nitriles is 1. The van der Waals surface area contributed by atoms with E-state index < -0.39 is 0 Å². The Balaban J connectivity index is 3.01. The minimum absolute atomic E-state index is 0.0612. The third kappa shape index (κ3) is 4.27. The van der Waals surface area contributed by atoms with Gasteiger partial charge in [0.15, 0.2) is 0 Å². The fourth-order valence-electron chi connectivity index (χ4n) is 1.87. The molecule has 0 spiro atoms. The highest BCUT2D eigenvalue weighted by Crippen LogP contribution is 2.27. The molecule has 1 rings (SSSR count). The van der Waals surface area contributed by atoms with Crippen LogP contribution in [0.5, 0.6) is 0 Å². The van der Waals surface area contributed by atoms with E-state index in [0.717, 1.165) is 17.2 Å². The van der Waals surface area contributed by atoms with Gasteiger partial charge in [0.05, 0.1) is 18.2 Å². The minimum atomic E-state index is -0.212. The van der Waals surface area contributed by atoms with Gasteiger partial charge in [-0.05, 0) is 17.5 Å². The number of carbonyl (C=O) groups excluding carboxylic acids is 1. The lowest BCUT2D eigenvalue weighted by atomic mass is 9.91. The Morgan fingerprint density at radius 3 is 2.60 bits per heavy atom. The summed E-state index contributed by atoms with van der Waals surface area (Å²) >= 11 is 1.14. The topological polar surface area (TPSA) is 69.9 Å². The molecule has 0 unspecified atom stereocenters. The van der Waals surface area contributed by atoms with Crippen molar-refractivity contribution in [2.75, 3.05) is 13.1 Å². The Labute approximate surface area is 124 Å². The zero-order valence-electron chi connectivity index (χ0n) is 12.8. The summed E-state index contributed by atoms with van der Waals surface area (Å²) < 4.78 is 3.93. The number of rotatable bonds is 5. The summed E-state index contributed by atoms with van der Waals surface area (Å²) in [6.07, 6.45) is 0.343. The van der Waals surface area contributed by atoms with Crippen molar-refractivity contribution >= 4 is 17.4 Å². The van der Waals surface area contributed by atoms with Crippen LogP contribution in [-0.4, -0.2) is 33.5 Å². The molecule has 0 saturated heterocycles. The van der Waals surface area contributed by atoms with E-state index in [1.54, 1.807) is 4.90 Å². The van der Waals surface area contributed by atoms with E-state index in [4.69, 9.17) is 5.26 Å². The molecule has 0 aliphatic heterocycles. The molecule has 0 aliphatic carbocycles.